The number of aliphatic carboxylic acids is 1. The average Bonchev–Trinajstić information content (AvgIpc) is 2.62. The molecule has 8 heteroatoms. The van der Waals surface area contributed by atoms with Crippen LogP contribution < -0.4 is 15.7 Å². The van der Waals surface area contributed by atoms with Gasteiger partial charge < -0.3 is 19.6 Å². The summed E-state index contributed by atoms with van der Waals surface area (Å²) in [5, 5.41) is 12.5. The monoisotopic (exact) mass is 393 g/mol. The van der Waals surface area contributed by atoms with Crippen LogP contribution in [0.15, 0.2) is 27.4 Å². The summed E-state index contributed by atoms with van der Waals surface area (Å²) in [4.78, 5) is 34.9. The molecule has 0 aliphatic rings. The lowest BCUT2D eigenvalue weighted by Gasteiger charge is -2.15. The SMILES string of the molecule is CCc1cc2c(C)cc(=O)oc2cc1OCC(=O)N[C@@H](CCSC)C(=O)O. The normalized spacial score (nSPS) is 12.0. The van der Waals surface area contributed by atoms with E-state index >= 15 is 0 Å². The molecule has 0 aliphatic carbocycles. The molecule has 27 heavy (non-hydrogen) atoms. The van der Waals surface area contributed by atoms with Gasteiger partial charge in [0.15, 0.2) is 6.61 Å². The topological polar surface area (TPSA) is 106 Å². The van der Waals surface area contributed by atoms with Crippen LogP contribution in [-0.2, 0) is 16.0 Å². The number of thioether (sulfide) groups is 1. The van der Waals surface area contributed by atoms with Crippen LogP contribution in [0.5, 0.6) is 5.75 Å². The minimum Gasteiger partial charge on any atom is -0.483 e. The van der Waals surface area contributed by atoms with E-state index in [1.807, 2.05) is 26.2 Å². The maximum absolute atomic E-state index is 12.1. The average molecular weight is 393 g/mol. The van der Waals surface area contributed by atoms with Gasteiger partial charge in [-0.05, 0) is 49.0 Å². The zero-order valence-electron chi connectivity index (χ0n) is 15.5. The molecule has 0 bridgehead atoms. The third-order valence-corrected chi connectivity index (χ3v) is 4.76. The van der Waals surface area contributed by atoms with Crippen LogP contribution in [0.4, 0.5) is 0 Å². The first-order valence-corrected chi connectivity index (χ1v) is 9.96. The van der Waals surface area contributed by atoms with E-state index in [-0.39, 0.29) is 6.61 Å². The highest BCUT2D eigenvalue weighted by atomic mass is 32.2. The van der Waals surface area contributed by atoms with Crippen molar-refractivity contribution in [3.8, 4) is 5.75 Å². The molecule has 0 fully saturated rings. The van der Waals surface area contributed by atoms with E-state index < -0.39 is 23.5 Å². The van der Waals surface area contributed by atoms with Crippen LogP contribution in [0.2, 0.25) is 0 Å². The summed E-state index contributed by atoms with van der Waals surface area (Å²) in [6, 6.07) is 3.95. The number of amides is 1. The molecule has 1 amide bonds. The molecule has 1 heterocycles. The lowest BCUT2D eigenvalue weighted by Crippen LogP contribution is -2.43. The highest BCUT2D eigenvalue weighted by molar-refractivity contribution is 7.98. The highest BCUT2D eigenvalue weighted by Crippen LogP contribution is 2.27. The van der Waals surface area contributed by atoms with Gasteiger partial charge in [0, 0.05) is 17.5 Å². The summed E-state index contributed by atoms with van der Waals surface area (Å²) in [6.07, 6.45) is 2.87. The van der Waals surface area contributed by atoms with Gasteiger partial charge in [-0.25, -0.2) is 9.59 Å². The van der Waals surface area contributed by atoms with Gasteiger partial charge in [-0.15, -0.1) is 0 Å². The van der Waals surface area contributed by atoms with Crippen LogP contribution in [0.3, 0.4) is 0 Å². The number of carbonyl (C=O) groups excluding carboxylic acids is 1. The molecule has 0 saturated heterocycles. The van der Waals surface area contributed by atoms with Crippen molar-refractivity contribution in [3.63, 3.8) is 0 Å². The highest BCUT2D eigenvalue weighted by Gasteiger charge is 2.20. The second-order valence-corrected chi connectivity index (χ2v) is 7.07. The molecular weight excluding hydrogens is 370 g/mol. The van der Waals surface area contributed by atoms with Gasteiger partial charge in [-0.1, -0.05) is 6.92 Å². The lowest BCUT2D eigenvalue weighted by molar-refractivity contribution is -0.142. The molecule has 0 radical (unpaired) electrons. The second kappa shape index (κ2) is 9.45. The maximum atomic E-state index is 12.1. The van der Waals surface area contributed by atoms with Crippen LogP contribution in [0.1, 0.15) is 24.5 Å². The Morgan fingerprint density at radius 1 is 1.33 bits per heavy atom. The molecule has 1 aromatic carbocycles. The molecule has 0 unspecified atom stereocenters. The summed E-state index contributed by atoms with van der Waals surface area (Å²) in [5.74, 6) is -0.530. The van der Waals surface area contributed by atoms with Crippen LogP contribution in [0, 0.1) is 6.92 Å². The summed E-state index contributed by atoms with van der Waals surface area (Å²) < 4.78 is 10.8. The Hall–Kier alpha value is -2.48. The van der Waals surface area contributed by atoms with Gasteiger partial charge in [-0.2, -0.15) is 11.8 Å². The fourth-order valence-electron chi connectivity index (χ4n) is 2.67. The molecule has 0 spiro atoms. The molecule has 1 atom stereocenters. The van der Waals surface area contributed by atoms with E-state index in [1.54, 1.807) is 6.07 Å². The van der Waals surface area contributed by atoms with Gasteiger partial charge in [0.25, 0.3) is 5.91 Å². The van der Waals surface area contributed by atoms with Gasteiger partial charge in [0.2, 0.25) is 0 Å². The minimum atomic E-state index is -1.07. The minimum absolute atomic E-state index is 0.322. The second-order valence-electron chi connectivity index (χ2n) is 6.09. The Balaban J connectivity index is 2.14. The van der Waals surface area contributed by atoms with Gasteiger partial charge in [0.05, 0.1) is 0 Å². The fraction of sp³-hybridized carbons (Fsp3) is 0.421. The molecule has 1 aromatic heterocycles. The van der Waals surface area contributed by atoms with Crippen molar-refractivity contribution < 1.29 is 23.8 Å². The summed E-state index contributed by atoms with van der Waals surface area (Å²) >= 11 is 1.51. The lowest BCUT2D eigenvalue weighted by atomic mass is 10.1. The number of hydrogen-bond acceptors (Lipinski definition) is 6. The third kappa shape index (κ3) is 5.50. The largest absolute Gasteiger partial charge is 0.483 e. The summed E-state index contributed by atoms with van der Waals surface area (Å²) in [6.45, 7) is 3.45. The van der Waals surface area contributed by atoms with Crippen LogP contribution in [0.25, 0.3) is 11.0 Å². The number of ether oxygens (including phenoxy) is 1. The van der Waals surface area contributed by atoms with Crippen molar-refractivity contribution in [2.24, 2.45) is 0 Å². The summed E-state index contributed by atoms with van der Waals surface area (Å²) in [7, 11) is 0. The van der Waals surface area contributed by atoms with E-state index in [2.05, 4.69) is 5.32 Å². The number of rotatable bonds is 9. The van der Waals surface area contributed by atoms with E-state index in [9.17, 15) is 19.5 Å². The van der Waals surface area contributed by atoms with Crippen molar-refractivity contribution in [2.45, 2.75) is 32.7 Å². The zero-order chi connectivity index (χ0) is 20.0. The molecule has 2 N–H and O–H groups in total. The Labute approximate surface area is 161 Å². The zero-order valence-corrected chi connectivity index (χ0v) is 16.4. The summed E-state index contributed by atoms with van der Waals surface area (Å²) in [5.41, 5.74) is 1.60. The number of nitrogens with one attached hydrogen (secondary N) is 1. The molecule has 0 saturated carbocycles. The maximum Gasteiger partial charge on any atom is 0.336 e. The van der Waals surface area contributed by atoms with Crippen molar-refractivity contribution in [3.05, 3.63) is 39.7 Å². The van der Waals surface area contributed by atoms with Gasteiger partial charge in [-0.3, -0.25) is 4.79 Å². The number of benzene rings is 1. The number of carboxylic acids is 1. The first kappa shape index (κ1) is 20.8. The van der Waals surface area contributed by atoms with Gasteiger partial charge >= 0.3 is 11.6 Å². The smallest absolute Gasteiger partial charge is 0.336 e. The molecule has 0 aliphatic heterocycles. The number of fused-ring (bicyclic) bond motifs is 1. The quantitative estimate of drug-likeness (QED) is 0.630. The standard InChI is InChI=1S/C19H23NO6S/c1-4-12-8-13-11(2)7-18(22)26-16(13)9-15(12)25-10-17(21)20-14(19(23)24)5-6-27-3/h7-9,14H,4-6,10H2,1-3H3,(H,20,21)(H,23,24)/t14-/m0/s1. The predicted molar refractivity (Wildman–Crippen MR) is 105 cm³/mol. The number of carbonyl (C=O) groups is 2. The Morgan fingerprint density at radius 3 is 2.70 bits per heavy atom. The first-order chi connectivity index (χ1) is 12.8. The molecule has 7 nitrogen and oxygen atoms in total. The van der Waals surface area contributed by atoms with Crippen molar-refractivity contribution in [1.82, 2.24) is 5.32 Å². The van der Waals surface area contributed by atoms with E-state index in [0.717, 1.165) is 16.5 Å². The van der Waals surface area contributed by atoms with E-state index in [4.69, 9.17) is 9.15 Å². The number of aryl methyl sites for hydroxylation is 2. The first-order valence-electron chi connectivity index (χ1n) is 8.57. The molecular formula is C19H23NO6S. The van der Waals surface area contributed by atoms with E-state index in [0.29, 0.717) is 29.9 Å². The Morgan fingerprint density at radius 2 is 2.07 bits per heavy atom. The number of hydrogen-bond donors (Lipinski definition) is 2. The molecule has 2 rings (SSSR count). The van der Waals surface area contributed by atoms with Crippen molar-refractivity contribution in [2.75, 3.05) is 18.6 Å². The van der Waals surface area contributed by atoms with Gasteiger partial charge in [0.1, 0.15) is 17.4 Å². The Kier molecular flexibility index (Phi) is 7.29. The van der Waals surface area contributed by atoms with Crippen LogP contribution >= 0.6 is 11.8 Å². The van der Waals surface area contributed by atoms with Crippen LogP contribution in [-0.4, -0.2) is 41.6 Å². The van der Waals surface area contributed by atoms with Crippen molar-refractivity contribution in [1.29, 1.82) is 0 Å². The Bertz CT molecular complexity index is 892. The molecule has 2 aromatic rings. The molecule has 146 valence electrons. The predicted octanol–water partition coefficient (Wildman–Crippen LogP) is 2.37. The third-order valence-electron chi connectivity index (χ3n) is 4.12. The van der Waals surface area contributed by atoms with E-state index in [1.165, 1.54) is 17.8 Å². The van der Waals surface area contributed by atoms with Crippen molar-refractivity contribution >= 4 is 34.6 Å². The number of carboxylic acid groups (broad SMARTS) is 1. The fourth-order valence-corrected chi connectivity index (χ4v) is 3.15.